The first-order valence-corrected chi connectivity index (χ1v) is 10.1. The second kappa shape index (κ2) is 7.10. The number of carbonyl (C=O) groups excluding carboxylic acids is 1. The molecule has 3 atom stereocenters. The van der Waals surface area contributed by atoms with E-state index < -0.39 is 5.82 Å². The quantitative estimate of drug-likeness (QED) is 0.715. The highest BCUT2D eigenvalue weighted by molar-refractivity contribution is 5.91. The standard InChI is InChI=1S/C22H21FN6O/c1-13-7-16-10-17(8-13)29(16)22(30)26-20-11-18(14(4-5-24)9-19(20)23)21-25-12-15-3-2-6-28(15)27-21/h2-3,6,9,11-13,16-17H,4,7-8,10H2,1H3,(H,26,30)/t13?,16-,17?/m1/s1. The van der Waals surface area contributed by atoms with Crippen molar-refractivity contribution in [3.8, 4) is 17.5 Å². The number of nitrogens with one attached hydrogen (secondary N) is 1. The average molecular weight is 404 g/mol. The van der Waals surface area contributed by atoms with E-state index in [1.807, 2.05) is 17.0 Å². The summed E-state index contributed by atoms with van der Waals surface area (Å²) < 4.78 is 16.5. The number of urea groups is 1. The zero-order chi connectivity index (χ0) is 20.8. The van der Waals surface area contributed by atoms with Crippen LogP contribution in [-0.2, 0) is 6.42 Å². The van der Waals surface area contributed by atoms with Crippen LogP contribution in [0, 0.1) is 23.1 Å². The molecule has 2 bridgehead atoms. The molecule has 152 valence electrons. The summed E-state index contributed by atoms with van der Waals surface area (Å²) in [5.74, 6) is 0.416. The van der Waals surface area contributed by atoms with Gasteiger partial charge < -0.3 is 10.2 Å². The predicted octanol–water partition coefficient (Wildman–Crippen LogP) is 4.01. The molecule has 2 amide bonds. The number of anilines is 1. The van der Waals surface area contributed by atoms with Crippen LogP contribution in [0.15, 0.2) is 36.7 Å². The zero-order valence-electron chi connectivity index (χ0n) is 16.5. The van der Waals surface area contributed by atoms with Crippen molar-refractivity contribution in [3.05, 3.63) is 48.0 Å². The van der Waals surface area contributed by atoms with Crippen molar-refractivity contribution in [3.63, 3.8) is 0 Å². The topological polar surface area (TPSA) is 86.3 Å². The molecule has 4 heterocycles. The minimum Gasteiger partial charge on any atom is -0.318 e. The molecule has 2 aliphatic heterocycles. The molecule has 3 fully saturated rings. The van der Waals surface area contributed by atoms with Gasteiger partial charge in [-0.15, -0.1) is 5.10 Å². The molecule has 0 radical (unpaired) electrons. The number of nitrogens with zero attached hydrogens (tertiary/aromatic N) is 5. The molecule has 6 rings (SSSR count). The third-order valence-electron chi connectivity index (χ3n) is 6.14. The van der Waals surface area contributed by atoms with Gasteiger partial charge in [-0.3, -0.25) is 0 Å². The lowest BCUT2D eigenvalue weighted by atomic mass is 9.74. The molecule has 2 saturated heterocycles. The molecule has 30 heavy (non-hydrogen) atoms. The number of nitriles is 1. The van der Waals surface area contributed by atoms with Gasteiger partial charge in [0, 0.05) is 23.8 Å². The second-order valence-corrected chi connectivity index (χ2v) is 8.24. The lowest BCUT2D eigenvalue weighted by molar-refractivity contribution is -0.00603. The molecule has 0 spiro atoms. The van der Waals surface area contributed by atoms with E-state index in [1.165, 1.54) is 12.1 Å². The summed E-state index contributed by atoms with van der Waals surface area (Å²) in [5.41, 5.74) is 1.91. The summed E-state index contributed by atoms with van der Waals surface area (Å²) in [6.07, 6.45) is 6.48. The maximum Gasteiger partial charge on any atom is 0.322 e. The Hall–Kier alpha value is -3.47. The number of carbonyl (C=O) groups is 1. The first-order valence-electron chi connectivity index (χ1n) is 10.1. The molecule has 1 aromatic carbocycles. The first kappa shape index (κ1) is 18.6. The van der Waals surface area contributed by atoms with Crippen LogP contribution in [0.5, 0.6) is 0 Å². The maximum absolute atomic E-state index is 14.8. The molecule has 2 unspecified atom stereocenters. The Bertz CT molecular complexity index is 1170. The smallest absolute Gasteiger partial charge is 0.318 e. The van der Waals surface area contributed by atoms with Crippen LogP contribution in [0.3, 0.4) is 0 Å². The van der Waals surface area contributed by atoms with Gasteiger partial charge in [-0.05, 0) is 55.0 Å². The fraction of sp³-hybridized carbons (Fsp3) is 0.364. The van der Waals surface area contributed by atoms with Crippen molar-refractivity contribution in [2.24, 2.45) is 5.92 Å². The molecule has 1 aliphatic carbocycles. The molecule has 2 aromatic heterocycles. The summed E-state index contributed by atoms with van der Waals surface area (Å²) in [7, 11) is 0. The Morgan fingerprint density at radius 3 is 2.90 bits per heavy atom. The number of halogens is 1. The number of benzene rings is 1. The summed E-state index contributed by atoms with van der Waals surface area (Å²) in [5, 5.41) is 16.4. The number of aromatic nitrogens is 3. The van der Waals surface area contributed by atoms with Crippen LogP contribution in [0.1, 0.15) is 31.7 Å². The molecule has 3 aromatic rings. The number of amides is 2. The lowest BCUT2D eigenvalue weighted by Crippen LogP contribution is -2.63. The fourth-order valence-corrected chi connectivity index (χ4v) is 4.76. The fourth-order valence-electron chi connectivity index (χ4n) is 4.76. The zero-order valence-corrected chi connectivity index (χ0v) is 16.5. The van der Waals surface area contributed by atoms with E-state index in [0.29, 0.717) is 22.9 Å². The van der Waals surface area contributed by atoms with Crippen molar-refractivity contribution in [2.45, 2.75) is 44.7 Å². The van der Waals surface area contributed by atoms with Gasteiger partial charge in [0.15, 0.2) is 5.82 Å². The third-order valence-corrected chi connectivity index (χ3v) is 6.14. The molecule has 1 N–H and O–H groups in total. The Balaban J connectivity index is 1.48. The van der Waals surface area contributed by atoms with E-state index in [0.717, 1.165) is 24.8 Å². The molecular weight excluding hydrogens is 383 g/mol. The van der Waals surface area contributed by atoms with Gasteiger partial charge in [0.2, 0.25) is 0 Å². The lowest BCUT2D eigenvalue weighted by Gasteiger charge is -2.54. The minimum absolute atomic E-state index is 0.0156. The van der Waals surface area contributed by atoms with Crippen LogP contribution in [0.2, 0.25) is 0 Å². The third kappa shape index (κ3) is 3.07. The average Bonchev–Trinajstić information content (AvgIpc) is 3.17. The molecule has 1 saturated carbocycles. The summed E-state index contributed by atoms with van der Waals surface area (Å²) >= 11 is 0. The van der Waals surface area contributed by atoms with E-state index in [9.17, 15) is 9.18 Å². The normalized spacial score (nSPS) is 22.4. The van der Waals surface area contributed by atoms with Crippen molar-refractivity contribution in [1.29, 1.82) is 5.26 Å². The van der Waals surface area contributed by atoms with Gasteiger partial charge in [0.1, 0.15) is 5.82 Å². The molecular formula is C22H21FN6O. The van der Waals surface area contributed by atoms with Crippen molar-refractivity contribution < 1.29 is 9.18 Å². The van der Waals surface area contributed by atoms with Crippen LogP contribution < -0.4 is 5.32 Å². The van der Waals surface area contributed by atoms with Gasteiger partial charge in [-0.1, -0.05) is 6.92 Å². The predicted molar refractivity (Wildman–Crippen MR) is 109 cm³/mol. The Kier molecular flexibility index (Phi) is 4.39. The molecule has 3 aliphatic rings. The van der Waals surface area contributed by atoms with Gasteiger partial charge in [0.05, 0.1) is 29.9 Å². The van der Waals surface area contributed by atoms with Gasteiger partial charge in [-0.2, -0.15) is 5.26 Å². The van der Waals surface area contributed by atoms with Crippen molar-refractivity contribution in [2.75, 3.05) is 5.32 Å². The summed E-state index contributed by atoms with van der Waals surface area (Å²) in [6, 6.07) is 8.80. The van der Waals surface area contributed by atoms with Crippen LogP contribution >= 0.6 is 0 Å². The first-order chi connectivity index (χ1) is 14.5. The van der Waals surface area contributed by atoms with E-state index in [1.54, 1.807) is 16.9 Å². The van der Waals surface area contributed by atoms with E-state index in [-0.39, 0.29) is 30.2 Å². The number of fused-ring (bicyclic) bond motifs is 3. The highest BCUT2D eigenvalue weighted by atomic mass is 19.1. The van der Waals surface area contributed by atoms with Gasteiger partial charge >= 0.3 is 6.03 Å². The van der Waals surface area contributed by atoms with E-state index in [2.05, 4.69) is 28.4 Å². The van der Waals surface area contributed by atoms with Gasteiger partial charge in [-0.25, -0.2) is 18.7 Å². The second-order valence-electron chi connectivity index (χ2n) is 8.24. The Labute approximate surface area is 173 Å². The van der Waals surface area contributed by atoms with Crippen molar-refractivity contribution >= 4 is 17.2 Å². The number of rotatable bonds is 3. The SMILES string of the molecule is CC1CC2C[C@@H](C1)N2C(=O)Nc1cc(-c2ncc3cccn3n2)c(CC#N)cc1F. The summed E-state index contributed by atoms with van der Waals surface area (Å²) in [4.78, 5) is 19.0. The van der Waals surface area contributed by atoms with Crippen LogP contribution in [0.25, 0.3) is 16.9 Å². The van der Waals surface area contributed by atoms with Crippen LogP contribution in [0.4, 0.5) is 14.9 Å². The highest BCUT2D eigenvalue weighted by Crippen LogP contribution is 2.41. The number of hydrogen-bond acceptors (Lipinski definition) is 4. The largest absolute Gasteiger partial charge is 0.322 e. The van der Waals surface area contributed by atoms with Crippen LogP contribution in [-0.4, -0.2) is 37.6 Å². The van der Waals surface area contributed by atoms with Gasteiger partial charge in [0.25, 0.3) is 0 Å². The van der Waals surface area contributed by atoms with Crippen molar-refractivity contribution in [1.82, 2.24) is 19.5 Å². The minimum atomic E-state index is -0.571. The van der Waals surface area contributed by atoms with E-state index >= 15 is 0 Å². The summed E-state index contributed by atoms with van der Waals surface area (Å²) in [6.45, 7) is 2.20. The highest BCUT2D eigenvalue weighted by Gasteiger charge is 2.46. The Morgan fingerprint density at radius 2 is 2.13 bits per heavy atom. The Morgan fingerprint density at radius 1 is 1.33 bits per heavy atom. The maximum atomic E-state index is 14.8. The molecule has 7 nitrogen and oxygen atoms in total. The van der Waals surface area contributed by atoms with E-state index in [4.69, 9.17) is 5.26 Å². The number of piperidine rings is 1. The monoisotopic (exact) mass is 404 g/mol. The number of hydrogen-bond donors (Lipinski definition) is 1. The molecule has 8 heteroatoms.